The van der Waals surface area contributed by atoms with Crippen LogP contribution >= 0.6 is 11.3 Å². The molecule has 3 rings (SSSR count). The molecule has 8 nitrogen and oxygen atoms in total. The van der Waals surface area contributed by atoms with E-state index < -0.39 is 16.1 Å². The van der Waals surface area contributed by atoms with Crippen LogP contribution in [0.2, 0.25) is 0 Å². The topological polar surface area (TPSA) is 104 Å². The Bertz CT molecular complexity index is 890. The summed E-state index contributed by atoms with van der Waals surface area (Å²) in [6.45, 7) is 5.23. The maximum Gasteiger partial charge on any atom is 0.270 e. The van der Waals surface area contributed by atoms with Gasteiger partial charge in [0.25, 0.3) is 10.0 Å². The number of carbonyl (C=O) groups excluding carboxylic acids is 1. The molecular formula is C17H23N5O3S2. The number of hydrogen-bond donors (Lipinski definition) is 2. The fraction of sp³-hybridized carbons (Fsp3) is 0.471. The lowest BCUT2D eigenvalue weighted by atomic mass is 10.1. The van der Waals surface area contributed by atoms with Crippen LogP contribution in [-0.4, -0.2) is 37.6 Å². The lowest BCUT2D eigenvalue weighted by molar-refractivity contribution is -0.114. The van der Waals surface area contributed by atoms with Gasteiger partial charge in [0.05, 0.1) is 0 Å². The summed E-state index contributed by atoms with van der Waals surface area (Å²) in [6.07, 6.45) is 3.70. The summed E-state index contributed by atoms with van der Waals surface area (Å²) in [4.78, 5) is 13.4. The molecule has 1 aliphatic heterocycles. The Morgan fingerprint density at radius 2 is 1.81 bits per heavy atom. The molecule has 0 saturated carbocycles. The zero-order valence-electron chi connectivity index (χ0n) is 15.3. The van der Waals surface area contributed by atoms with Gasteiger partial charge < -0.3 is 10.2 Å². The van der Waals surface area contributed by atoms with Gasteiger partial charge in [0.1, 0.15) is 0 Å². The van der Waals surface area contributed by atoms with Gasteiger partial charge in [-0.3, -0.25) is 4.79 Å². The number of nitrogens with zero attached hydrogens (tertiary/aromatic N) is 3. The standard InChI is InChI=1S/C17H23N5O3S2/c1-12(14-6-8-15(9-7-14)22-10-4-3-5-11-22)21-27(24,25)17-20-19-16(26-17)18-13(2)23/h6-9,12,21H,3-5,10-11H2,1-2H3,(H,18,19,23)/t12-/m1/s1. The van der Waals surface area contributed by atoms with Gasteiger partial charge in [-0.05, 0) is 43.9 Å². The van der Waals surface area contributed by atoms with Crippen molar-refractivity contribution in [2.45, 2.75) is 43.5 Å². The molecule has 2 N–H and O–H groups in total. The molecular weight excluding hydrogens is 386 g/mol. The van der Waals surface area contributed by atoms with E-state index in [1.165, 1.54) is 26.2 Å². The van der Waals surface area contributed by atoms with E-state index in [-0.39, 0.29) is 15.4 Å². The predicted octanol–water partition coefficient (Wildman–Crippen LogP) is 2.53. The summed E-state index contributed by atoms with van der Waals surface area (Å²) in [5.74, 6) is -0.328. The highest BCUT2D eigenvalue weighted by molar-refractivity contribution is 7.91. The van der Waals surface area contributed by atoms with Crippen LogP contribution in [0.1, 0.15) is 44.7 Å². The first-order chi connectivity index (χ1) is 12.8. The number of rotatable bonds is 6. The molecule has 10 heteroatoms. The zero-order chi connectivity index (χ0) is 19.4. The number of nitrogens with one attached hydrogen (secondary N) is 2. The lowest BCUT2D eigenvalue weighted by Gasteiger charge is -2.29. The van der Waals surface area contributed by atoms with Crippen LogP contribution in [0.4, 0.5) is 10.8 Å². The lowest BCUT2D eigenvalue weighted by Crippen LogP contribution is -2.29. The van der Waals surface area contributed by atoms with Gasteiger partial charge in [0.15, 0.2) is 0 Å². The smallest absolute Gasteiger partial charge is 0.270 e. The number of piperidine rings is 1. The largest absolute Gasteiger partial charge is 0.372 e. The van der Waals surface area contributed by atoms with E-state index >= 15 is 0 Å². The van der Waals surface area contributed by atoms with Crippen LogP contribution in [-0.2, 0) is 14.8 Å². The molecule has 1 saturated heterocycles. The molecule has 1 aromatic carbocycles. The van der Waals surface area contributed by atoms with Gasteiger partial charge in [0.2, 0.25) is 15.4 Å². The molecule has 1 amide bonds. The monoisotopic (exact) mass is 409 g/mol. The Labute approximate surface area is 163 Å². The number of benzene rings is 1. The van der Waals surface area contributed by atoms with Crippen molar-refractivity contribution in [3.63, 3.8) is 0 Å². The fourth-order valence-corrected chi connectivity index (χ4v) is 5.19. The van der Waals surface area contributed by atoms with Crippen LogP contribution in [0.25, 0.3) is 0 Å². The van der Waals surface area contributed by atoms with Crippen LogP contribution in [0, 0.1) is 0 Å². The number of amides is 1. The Hall–Kier alpha value is -2.04. The maximum atomic E-state index is 12.5. The summed E-state index contributed by atoms with van der Waals surface area (Å²) >= 11 is 0.815. The molecule has 1 fully saturated rings. The quantitative estimate of drug-likeness (QED) is 0.711. The van der Waals surface area contributed by atoms with Crippen molar-refractivity contribution in [3.8, 4) is 0 Å². The highest BCUT2D eigenvalue weighted by atomic mass is 32.2. The molecule has 0 unspecified atom stereocenters. The average molecular weight is 410 g/mol. The van der Waals surface area contributed by atoms with Gasteiger partial charge in [0, 0.05) is 31.7 Å². The van der Waals surface area contributed by atoms with E-state index in [1.54, 1.807) is 6.92 Å². The van der Waals surface area contributed by atoms with Crippen molar-refractivity contribution in [2.75, 3.05) is 23.3 Å². The first-order valence-electron chi connectivity index (χ1n) is 8.83. The van der Waals surface area contributed by atoms with Gasteiger partial charge in [-0.25, -0.2) is 13.1 Å². The average Bonchev–Trinajstić information content (AvgIpc) is 3.11. The summed E-state index contributed by atoms with van der Waals surface area (Å²) in [5, 5.41) is 9.92. The third-order valence-electron chi connectivity index (χ3n) is 4.37. The zero-order valence-corrected chi connectivity index (χ0v) is 16.9. The van der Waals surface area contributed by atoms with Crippen LogP contribution < -0.4 is 14.9 Å². The van der Waals surface area contributed by atoms with Crippen molar-refractivity contribution < 1.29 is 13.2 Å². The molecule has 0 spiro atoms. The molecule has 146 valence electrons. The van der Waals surface area contributed by atoms with Crippen LogP contribution in [0.5, 0.6) is 0 Å². The summed E-state index contributed by atoms with van der Waals surface area (Å²) in [7, 11) is -3.82. The van der Waals surface area contributed by atoms with E-state index in [1.807, 2.05) is 24.3 Å². The molecule has 1 aromatic heterocycles. The van der Waals surface area contributed by atoms with Gasteiger partial charge >= 0.3 is 0 Å². The molecule has 0 aliphatic carbocycles. The molecule has 1 aliphatic rings. The van der Waals surface area contributed by atoms with Crippen molar-refractivity contribution in [1.82, 2.24) is 14.9 Å². The number of aromatic nitrogens is 2. The second-order valence-corrected chi connectivity index (χ2v) is 9.40. The molecule has 0 bridgehead atoms. The molecule has 27 heavy (non-hydrogen) atoms. The summed E-state index contributed by atoms with van der Waals surface area (Å²) in [5.41, 5.74) is 2.03. The Morgan fingerprint density at radius 3 is 2.44 bits per heavy atom. The first-order valence-corrected chi connectivity index (χ1v) is 11.1. The van der Waals surface area contributed by atoms with Gasteiger partial charge in [-0.15, -0.1) is 10.2 Å². The Morgan fingerprint density at radius 1 is 1.15 bits per heavy atom. The molecule has 0 radical (unpaired) electrons. The highest BCUT2D eigenvalue weighted by Crippen LogP contribution is 2.25. The van der Waals surface area contributed by atoms with Crippen LogP contribution in [0.15, 0.2) is 28.6 Å². The van der Waals surface area contributed by atoms with E-state index in [9.17, 15) is 13.2 Å². The van der Waals surface area contributed by atoms with Gasteiger partial charge in [-0.1, -0.05) is 23.5 Å². The van der Waals surface area contributed by atoms with Crippen molar-refractivity contribution in [1.29, 1.82) is 0 Å². The first kappa shape index (κ1) is 19.7. The second kappa shape index (κ2) is 8.32. The molecule has 2 heterocycles. The SMILES string of the molecule is CC(=O)Nc1nnc(S(=O)(=O)N[C@H](C)c2ccc(N3CCCCC3)cc2)s1. The van der Waals surface area contributed by atoms with Crippen molar-refractivity contribution in [2.24, 2.45) is 0 Å². The van der Waals surface area contributed by atoms with Crippen molar-refractivity contribution in [3.05, 3.63) is 29.8 Å². The minimum atomic E-state index is -3.82. The third kappa shape index (κ3) is 5.02. The Balaban J connectivity index is 1.67. The number of sulfonamides is 1. The maximum absolute atomic E-state index is 12.5. The molecule has 1 atom stereocenters. The minimum absolute atomic E-state index is 0.154. The number of hydrogen-bond acceptors (Lipinski definition) is 7. The third-order valence-corrected chi connectivity index (χ3v) is 7.11. The Kier molecular flexibility index (Phi) is 6.08. The predicted molar refractivity (Wildman–Crippen MR) is 105 cm³/mol. The summed E-state index contributed by atoms with van der Waals surface area (Å²) < 4.78 is 27.4. The number of anilines is 2. The second-order valence-electron chi connectivity index (χ2n) is 6.54. The van der Waals surface area contributed by atoms with E-state index in [0.29, 0.717) is 0 Å². The van der Waals surface area contributed by atoms with E-state index in [0.717, 1.165) is 35.7 Å². The van der Waals surface area contributed by atoms with E-state index in [4.69, 9.17) is 0 Å². The summed E-state index contributed by atoms with van der Waals surface area (Å²) in [6, 6.07) is 7.54. The fourth-order valence-electron chi connectivity index (χ4n) is 3.00. The van der Waals surface area contributed by atoms with Crippen LogP contribution in [0.3, 0.4) is 0 Å². The van der Waals surface area contributed by atoms with Gasteiger partial charge in [-0.2, -0.15) is 0 Å². The molecule has 2 aromatic rings. The normalized spacial score (nSPS) is 16.1. The van der Waals surface area contributed by atoms with E-state index in [2.05, 4.69) is 25.1 Å². The minimum Gasteiger partial charge on any atom is -0.372 e. The highest BCUT2D eigenvalue weighted by Gasteiger charge is 2.23. The number of carbonyl (C=O) groups is 1. The van der Waals surface area contributed by atoms with Crippen molar-refractivity contribution >= 4 is 38.1 Å².